The minimum Gasteiger partial charge on any atom is -0.478 e. The maximum absolute atomic E-state index is 13.0. The summed E-state index contributed by atoms with van der Waals surface area (Å²) >= 11 is 0. The van der Waals surface area contributed by atoms with Crippen LogP contribution in [0.2, 0.25) is 0 Å². The van der Waals surface area contributed by atoms with Gasteiger partial charge in [0.2, 0.25) is 0 Å². The molecular weight excluding hydrogens is 315 g/mol. The highest BCUT2D eigenvalue weighted by molar-refractivity contribution is 6.07. The summed E-state index contributed by atoms with van der Waals surface area (Å²) < 4.78 is 13.0. The maximum Gasteiger partial charge on any atom is 0.339 e. The molecule has 1 heterocycles. The Balaban J connectivity index is 2.22. The smallest absolute Gasteiger partial charge is 0.339 e. The van der Waals surface area contributed by atoms with E-state index in [4.69, 9.17) is 5.11 Å². The highest BCUT2D eigenvalue weighted by Crippen LogP contribution is 2.30. The molecule has 0 fully saturated rings. The number of fused-ring (bicyclic) bond motifs is 1. The second-order valence-electron chi connectivity index (χ2n) is 5.02. The lowest BCUT2D eigenvalue weighted by molar-refractivity contribution is 0.0687. The molecule has 0 aliphatic rings. The van der Waals surface area contributed by atoms with Gasteiger partial charge in [-0.25, -0.2) is 14.0 Å². The van der Waals surface area contributed by atoms with Crippen LogP contribution in [-0.4, -0.2) is 27.1 Å². The van der Waals surface area contributed by atoms with Crippen LogP contribution >= 0.6 is 0 Å². The van der Waals surface area contributed by atoms with Gasteiger partial charge in [-0.15, -0.1) is 0 Å². The third-order valence-electron chi connectivity index (χ3n) is 3.46. The van der Waals surface area contributed by atoms with E-state index in [2.05, 4.69) is 10.3 Å². The quantitative estimate of drug-likeness (QED) is 0.678. The molecule has 3 aromatic rings. The van der Waals surface area contributed by atoms with Gasteiger partial charge in [0.05, 0.1) is 16.8 Å². The first kappa shape index (κ1) is 15.4. The number of hydrogen-bond acceptors (Lipinski definition) is 4. The first-order chi connectivity index (χ1) is 11.5. The Kier molecular flexibility index (Phi) is 3.83. The van der Waals surface area contributed by atoms with Crippen molar-refractivity contribution in [3.63, 3.8) is 0 Å². The number of pyridine rings is 1. The van der Waals surface area contributed by atoms with Crippen molar-refractivity contribution in [3.05, 3.63) is 65.6 Å². The minimum atomic E-state index is -1.21. The van der Waals surface area contributed by atoms with Gasteiger partial charge in [-0.05, 0) is 42.5 Å². The van der Waals surface area contributed by atoms with Crippen LogP contribution < -0.4 is 5.32 Å². The predicted molar refractivity (Wildman–Crippen MR) is 85.3 cm³/mol. The van der Waals surface area contributed by atoms with Gasteiger partial charge in [0, 0.05) is 17.3 Å². The number of nitrogens with zero attached hydrogens (tertiary/aromatic N) is 1. The Labute approximate surface area is 135 Å². The highest BCUT2D eigenvalue weighted by Gasteiger charge is 2.16. The fourth-order valence-corrected chi connectivity index (χ4v) is 2.30. The first-order valence-corrected chi connectivity index (χ1v) is 6.87. The van der Waals surface area contributed by atoms with E-state index in [1.54, 1.807) is 0 Å². The van der Waals surface area contributed by atoms with E-state index in [1.165, 1.54) is 48.7 Å². The molecule has 7 heteroatoms. The van der Waals surface area contributed by atoms with Crippen molar-refractivity contribution in [2.24, 2.45) is 0 Å². The highest BCUT2D eigenvalue weighted by atomic mass is 19.1. The molecular formula is C17H11FN2O4. The summed E-state index contributed by atoms with van der Waals surface area (Å²) in [6, 6.07) is 9.61. The lowest BCUT2D eigenvalue weighted by atomic mass is 10.1. The molecule has 120 valence electrons. The number of aromatic nitrogens is 1. The monoisotopic (exact) mass is 326 g/mol. The lowest BCUT2D eigenvalue weighted by Gasteiger charge is -2.13. The SMILES string of the molecule is O=C(O)c1ccc2ncc(C(=O)O)c(Nc3ccc(F)cc3)c2c1. The van der Waals surface area contributed by atoms with Crippen molar-refractivity contribution in [2.75, 3.05) is 5.32 Å². The fourth-order valence-electron chi connectivity index (χ4n) is 2.30. The Morgan fingerprint density at radius 3 is 2.33 bits per heavy atom. The number of rotatable bonds is 4. The van der Waals surface area contributed by atoms with Crippen molar-refractivity contribution in [1.29, 1.82) is 0 Å². The van der Waals surface area contributed by atoms with E-state index in [-0.39, 0.29) is 16.8 Å². The van der Waals surface area contributed by atoms with Crippen LogP contribution in [-0.2, 0) is 0 Å². The lowest BCUT2D eigenvalue weighted by Crippen LogP contribution is -2.05. The topological polar surface area (TPSA) is 99.5 Å². The number of carboxylic acids is 2. The number of carbonyl (C=O) groups is 2. The van der Waals surface area contributed by atoms with Gasteiger partial charge in [0.1, 0.15) is 11.4 Å². The minimum absolute atomic E-state index is 0.00833. The van der Waals surface area contributed by atoms with Crippen LogP contribution in [0.25, 0.3) is 10.9 Å². The third kappa shape index (κ3) is 2.87. The number of anilines is 2. The van der Waals surface area contributed by atoms with Crippen LogP contribution in [0.3, 0.4) is 0 Å². The standard InChI is InChI=1S/C17H11FN2O4/c18-10-2-4-11(5-3-10)20-15-12-7-9(16(21)22)1-6-14(12)19-8-13(15)17(23)24/h1-8H,(H,19,20)(H,21,22)(H,23,24). The number of hydrogen-bond donors (Lipinski definition) is 3. The summed E-state index contributed by atoms with van der Waals surface area (Å²) in [7, 11) is 0. The number of aromatic carboxylic acids is 2. The van der Waals surface area contributed by atoms with E-state index in [1.807, 2.05) is 0 Å². The van der Waals surface area contributed by atoms with Crippen molar-refractivity contribution in [1.82, 2.24) is 4.98 Å². The predicted octanol–water partition coefficient (Wildman–Crippen LogP) is 3.51. The normalized spacial score (nSPS) is 10.5. The molecule has 2 aromatic carbocycles. The molecule has 0 unspecified atom stereocenters. The molecule has 0 spiro atoms. The van der Waals surface area contributed by atoms with Gasteiger partial charge >= 0.3 is 11.9 Å². The maximum atomic E-state index is 13.0. The van der Waals surface area contributed by atoms with Crippen molar-refractivity contribution < 1.29 is 24.2 Å². The number of halogens is 1. The van der Waals surface area contributed by atoms with Gasteiger partial charge in [-0.1, -0.05) is 0 Å². The first-order valence-electron chi connectivity index (χ1n) is 6.87. The van der Waals surface area contributed by atoms with Crippen LogP contribution in [0.1, 0.15) is 20.7 Å². The van der Waals surface area contributed by atoms with Crippen LogP contribution in [0.5, 0.6) is 0 Å². The van der Waals surface area contributed by atoms with Gasteiger partial charge in [-0.3, -0.25) is 4.98 Å². The van der Waals surface area contributed by atoms with E-state index < -0.39 is 17.8 Å². The Hall–Kier alpha value is -3.48. The molecule has 0 atom stereocenters. The molecule has 0 amide bonds. The number of carboxylic acid groups (broad SMARTS) is 2. The summed E-state index contributed by atoms with van der Waals surface area (Å²) in [5.74, 6) is -2.77. The summed E-state index contributed by atoms with van der Waals surface area (Å²) in [6.45, 7) is 0. The molecule has 3 rings (SSSR count). The van der Waals surface area contributed by atoms with E-state index in [0.717, 1.165) is 0 Å². The zero-order chi connectivity index (χ0) is 17.3. The van der Waals surface area contributed by atoms with Gasteiger partial charge in [0.25, 0.3) is 0 Å². The van der Waals surface area contributed by atoms with Crippen LogP contribution in [0, 0.1) is 5.82 Å². The second-order valence-corrected chi connectivity index (χ2v) is 5.02. The Morgan fingerprint density at radius 1 is 1.00 bits per heavy atom. The number of nitrogens with one attached hydrogen (secondary N) is 1. The molecule has 0 saturated heterocycles. The third-order valence-corrected chi connectivity index (χ3v) is 3.46. The Morgan fingerprint density at radius 2 is 1.71 bits per heavy atom. The molecule has 1 aromatic heterocycles. The largest absolute Gasteiger partial charge is 0.478 e. The molecule has 6 nitrogen and oxygen atoms in total. The van der Waals surface area contributed by atoms with Crippen molar-refractivity contribution in [2.45, 2.75) is 0 Å². The summed E-state index contributed by atoms with van der Waals surface area (Å²) in [6.07, 6.45) is 1.19. The molecule has 0 bridgehead atoms. The summed E-state index contributed by atoms with van der Waals surface area (Å²) in [5.41, 5.74) is 0.993. The molecule has 3 N–H and O–H groups in total. The van der Waals surface area contributed by atoms with E-state index in [0.29, 0.717) is 16.6 Å². The average molecular weight is 326 g/mol. The number of benzene rings is 2. The van der Waals surface area contributed by atoms with Gasteiger partial charge < -0.3 is 15.5 Å². The van der Waals surface area contributed by atoms with Crippen LogP contribution in [0.4, 0.5) is 15.8 Å². The Bertz CT molecular complexity index is 949. The summed E-state index contributed by atoms with van der Waals surface area (Å²) in [4.78, 5) is 26.7. The zero-order valence-electron chi connectivity index (χ0n) is 12.2. The van der Waals surface area contributed by atoms with Gasteiger partial charge in [0.15, 0.2) is 0 Å². The van der Waals surface area contributed by atoms with Crippen molar-refractivity contribution >= 4 is 34.2 Å². The second kappa shape index (κ2) is 5.96. The van der Waals surface area contributed by atoms with Crippen molar-refractivity contribution in [3.8, 4) is 0 Å². The molecule has 0 aliphatic heterocycles. The van der Waals surface area contributed by atoms with E-state index >= 15 is 0 Å². The van der Waals surface area contributed by atoms with E-state index in [9.17, 15) is 19.1 Å². The molecule has 0 saturated carbocycles. The fraction of sp³-hybridized carbons (Fsp3) is 0. The van der Waals surface area contributed by atoms with Crippen LogP contribution in [0.15, 0.2) is 48.7 Å². The average Bonchev–Trinajstić information content (AvgIpc) is 2.56. The zero-order valence-corrected chi connectivity index (χ0v) is 12.2. The summed E-state index contributed by atoms with van der Waals surface area (Å²) in [5, 5.41) is 21.8. The molecule has 0 radical (unpaired) electrons. The molecule has 24 heavy (non-hydrogen) atoms. The van der Waals surface area contributed by atoms with Gasteiger partial charge in [-0.2, -0.15) is 0 Å². The molecule has 0 aliphatic carbocycles.